The Hall–Kier alpha value is -10.3. The lowest BCUT2D eigenvalue weighted by molar-refractivity contribution is 0.0908. The van der Waals surface area contributed by atoms with E-state index in [1.165, 1.54) is 0 Å². The Labute approximate surface area is 434 Å². The molecule has 0 fully saturated rings. The smallest absolute Gasteiger partial charge is 0.269 e. The van der Waals surface area contributed by atoms with Crippen LogP contribution < -0.4 is 9.80 Å². The molecule has 12 nitrogen and oxygen atoms in total. The van der Waals surface area contributed by atoms with Crippen molar-refractivity contribution < 1.29 is 109 Å². The molecule has 0 unspecified atom stereocenters. The van der Waals surface area contributed by atoms with Gasteiger partial charge in [0.1, 0.15) is 11.5 Å². The van der Waals surface area contributed by atoms with Crippen LogP contribution in [0.15, 0.2) is 48.5 Å². The first-order valence-electron chi connectivity index (χ1n) is 22.3. The number of rotatable bonds is 6. The number of carbonyl (C=O) groups is 6. The van der Waals surface area contributed by atoms with E-state index in [0.29, 0.717) is 12.1 Å². The van der Waals surface area contributed by atoms with Crippen molar-refractivity contribution in [2.75, 3.05) is 9.80 Å². The van der Waals surface area contributed by atoms with Crippen LogP contribution in [0.5, 0.6) is 0 Å². The Kier molecular flexibility index (Phi) is 10.9. The van der Waals surface area contributed by atoms with Crippen LogP contribution in [0.3, 0.4) is 0 Å². The van der Waals surface area contributed by atoms with Gasteiger partial charge in [0.15, 0.2) is 93.1 Å². The number of amides is 4. The van der Waals surface area contributed by atoms with E-state index in [1.807, 2.05) is 0 Å². The zero-order valence-corrected chi connectivity index (χ0v) is 38.5. The highest BCUT2D eigenvalue weighted by Crippen LogP contribution is 2.47. The zero-order valence-electron chi connectivity index (χ0n) is 38.5. The fourth-order valence-electron chi connectivity index (χ4n) is 10.2. The number of imide groups is 2. The normalized spacial score (nSPS) is 14.8. The Morgan fingerprint density at radius 2 is 0.580 bits per heavy atom. The lowest BCUT2D eigenvalue weighted by atomic mass is 9.95. The number of allylic oxidation sites excluding steroid dienone is 2. The summed E-state index contributed by atoms with van der Waals surface area (Å²) in [6, 6.07) is 6.64. The van der Waals surface area contributed by atoms with E-state index in [2.05, 4.69) is 9.97 Å². The average Bonchev–Trinajstić information content (AvgIpc) is 3.93. The van der Waals surface area contributed by atoms with E-state index in [1.54, 1.807) is 0 Å². The van der Waals surface area contributed by atoms with Crippen molar-refractivity contribution in [3.05, 3.63) is 209 Å². The molecule has 2 N–H and O–H groups in total. The van der Waals surface area contributed by atoms with Gasteiger partial charge in [0.05, 0.1) is 89.4 Å². The second-order valence-corrected chi connectivity index (χ2v) is 17.9. The summed E-state index contributed by atoms with van der Waals surface area (Å²) in [5.41, 5.74) is -20.5. The first kappa shape index (κ1) is 51.5. The standard InChI is InChI=1S/C53H12F16N4O8/c54-28-20-21(29(55)37(63)36(28)62)47(75)18(46(20)74)16-7-3-12-14(70-16)5-1-10(44(12)72-50(78)24-25(51(72)79)33(59)41(67)40(66)32(24)58)9-11-2-6-15-13(45(11)73-52(80)26-27(53(73)81)35(61)43(69)42(68)34(26)60)4-8-17(71-15)19-48(76)22-23(49(19)77)31(57)39(65)38(64)30(22)56/h1-8,74,76H,9H2. The molecule has 4 heterocycles. The molecule has 6 aromatic carbocycles. The summed E-state index contributed by atoms with van der Waals surface area (Å²) in [5.74, 6) is -52.7. The van der Waals surface area contributed by atoms with Gasteiger partial charge in [0.25, 0.3) is 23.6 Å². The molecule has 0 radical (unpaired) electrons. The number of benzene rings is 6. The maximum Gasteiger partial charge on any atom is 0.269 e. The molecular formula is C53H12F16N4O8. The number of ketones is 2. The number of nitrogens with zero attached hydrogens (tertiary/aromatic N) is 4. The van der Waals surface area contributed by atoms with Gasteiger partial charge < -0.3 is 10.2 Å². The summed E-state index contributed by atoms with van der Waals surface area (Å²) < 4.78 is 238. The van der Waals surface area contributed by atoms with Crippen LogP contribution in [0.4, 0.5) is 81.6 Å². The Balaban J connectivity index is 1.08. The van der Waals surface area contributed by atoms with Gasteiger partial charge in [-0.2, -0.15) is 0 Å². The number of aromatic nitrogens is 2. The molecule has 0 spiro atoms. The van der Waals surface area contributed by atoms with Crippen molar-refractivity contribution in [1.82, 2.24) is 9.97 Å². The Morgan fingerprint density at radius 3 is 0.864 bits per heavy atom. The SMILES string of the molecule is O=C1C(c2ccc3c(N4C(=O)c5c(F)c(F)c(F)c(F)c5C4=O)c(Cc4ccc5nc(C6=C(O)c7c(F)c(F)c(F)c(F)c7C6=O)ccc5c4N4C(=O)c5c(F)c(F)c(F)c(F)c5C4=O)ccc3n2)=C(O)c2c(F)c(F)c(F)c(F)c21. The van der Waals surface area contributed by atoms with E-state index < -0.39 is 258 Å². The highest BCUT2D eigenvalue weighted by Gasteiger charge is 2.49. The molecule has 2 aromatic heterocycles. The first-order chi connectivity index (χ1) is 38.2. The van der Waals surface area contributed by atoms with Crippen molar-refractivity contribution >= 4 is 91.0 Å². The Bertz CT molecular complexity index is 4260. The van der Waals surface area contributed by atoms with Crippen molar-refractivity contribution in [2.45, 2.75) is 6.42 Å². The van der Waals surface area contributed by atoms with Crippen molar-refractivity contribution in [3.63, 3.8) is 0 Å². The van der Waals surface area contributed by atoms with Gasteiger partial charge >= 0.3 is 0 Å². The van der Waals surface area contributed by atoms with Gasteiger partial charge in [-0.3, -0.25) is 28.8 Å². The largest absolute Gasteiger partial charge is 0.506 e. The number of halogens is 16. The van der Waals surface area contributed by atoms with Crippen LogP contribution >= 0.6 is 0 Å². The molecule has 4 amide bonds. The highest BCUT2D eigenvalue weighted by molar-refractivity contribution is 6.41. The van der Waals surface area contributed by atoms with Crippen LogP contribution in [0.1, 0.15) is 95.8 Å². The molecule has 2 aliphatic carbocycles. The van der Waals surface area contributed by atoms with Crippen LogP contribution in [-0.4, -0.2) is 55.4 Å². The number of hydrogen-bond donors (Lipinski definition) is 2. The van der Waals surface area contributed by atoms with Crippen molar-refractivity contribution in [3.8, 4) is 0 Å². The minimum atomic E-state index is -2.58. The maximum absolute atomic E-state index is 15.5. The minimum absolute atomic E-state index is 0.0779. The maximum atomic E-state index is 15.5. The number of carbonyl (C=O) groups excluding carboxylic acids is 6. The average molecular weight is 1140 g/mol. The molecule has 404 valence electrons. The minimum Gasteiger partial charge on any atom is -0.506 e. The number of pyridine rings is 2. The molecule has 0 saturated heterocycles. The second kappa shape index (κ2) is 17.1. The first-order valence-corrected chi connectivity index (χ1v) is 22.3. The van der Waals surface area contributed by atoms with Gasteiger partial charge in [0, 0.05) is 17.2 Å². The zero-order chi connectivity index (χ0) is 58.3. The molecule has 28 heteroatoms. The molecule has 0 atom stereocenters. The predicted molar refractivity (Wildman–Crippen MR) is 241 cm³/mol. The topological polar surface area (TPSA) is 175 Å². The number of aliphatic hydroxyl groups is 2. The highest BCUT2D eigenvalue weighted by atomic mass is 19.2. The Morgan fingerprint density at radius 1 is 0.321 bits per heavy atom. The predicted octanol–water partition coefficient (Wildman–Crippen LogP) is 11.4. The molecule has 0 saturated carbocycles. The van der Waals surface area contributed by atoms with Crippen molar-refractivity contribution in [1.29, 1.82) is 0 Å². The molecule has 81 heavy (non-hydrogen) atoms. The quantitative estimate of drug-likeness (QED) is 0.0705. The summed E-state index contributed by atoms with van der Waals surface area (Å²) >= 11 is 0. The fourth-order valence-corrected chi connectivity index (χ4v) is 10.2. The molecule has 8 aromatic rings. The van der Waals surface area contributed by atoms with Crippen LogP contribution in [-0.2, 0) is 6.42 Å². The van der Waals surface area contributed by atoms with E-state index in [0.717, 1.165) is 36.4 Å². The summed E-state index contributed by atoms with van der Waals surface area (Å²) in [4.78, 5) is 91.9. The van der Waals surface area contributed by atoms with Crippen LogP contribution in [0, 0.1) is 93.1 Å². The molecule has 0 bridgehead atoms. The van der Waals surface area contributed by atoms with Gasteiger partial charge in [-0.1, -0.05) is 12.1 Å². The summed E-state index contributed by atoms with van der Waals surface area (Å²) in [6.07, 6.45) is -1.02. The number of Topliss-reactive ketones (excluding diaryl/α,β-unsaturated/α-hetero) is 2. The third-order valence-corrected chi connectivity index (χ3v) is 13.8. The third kappa shape index (κ3) is 6.50. The molecule has 2 aliphatic heterocycles. The van der Waals surface area contributed by atoms with Gasteiger partial charge in [0.2, 0.25) is 11.6 Å². The fraction of sp³-hybridized carbons (Fsp3) is 0.0189. The summed E-state index contributed by atoms with van der Waals surface area (Å²) in [7, 11) is 0. The summed E-state index contributed by atoms with van der Waals surface area (Å²) in [6.45, 7) is 0. The van der Waals surface area contributed by atoms with Gasteiger partial charge in [-0.15, -0.1) is 0 Å². The number of aliphatic hydroxyl groups excluding tert-OH is 2. The molecule has 4 aliphatic rings. The monoisotopic (exact) mass is 1140 g/mol. The van der Waals surface area contributed by atoms with Crippen LogP contribution in [0.2, 0.25) is 0 Å². The number of anilines is 2. The van der Waals surface area contributed by atoms with Gasteiger partial charge in [-0.25, -0.2) is 90.0 Å². The van der Waals surface area contributed by atoms with E-state index in [-0.39, 0.29) is 9.80 Å². The number of hydrogen-bond acceptors (Lipinski definition) is 10. The van der Waals surface area contributed by atoms with Crippen molar-refractivity contribution in [2.24, 2.45) is 0 Å². The van der Waals surface area contributed by atoms with E-state index in [4.69, 9.17) is 0 Å². The van der Waals surface area contributed by atoms with E-state index in [9.17, 15) is 91.7 Å². The van der Waals surface area contributed by atoms with E-state index >= 15 is 17.6 Å². The summed E-state index contributed by atoms with van der Waals surface area (Å²) in [5, 5.41) is 20.7. The van der Waals surface area contributed by atoms with Crippen LogP contribution in [0.25, 0.3) is 44.5 Å². The molecule has 12 rings (SSSR count). The number of fused-ring (bicyclic) bond motifs is 6. The van der Waals surface area contributed by atoms with Gasteiger partial charge in [-0.05, 0) is 47.5 Å². The lowest BCUT2D eigenvalue weighted by Crippen LogP contribution is -2.32. The molecular weight excluding hydrogens is 1120 g/mol. The lowest BCUT2D eigenvalue weighted by Gasteiger charge is -2.24. The third-order valence-electron chi connectivity index (χ3n) is 13.8. The second-order valence-electron chi connectivity index (χ2n) is 17.9.